The van der Waals surface area contributed by atoms with E-state index in [1.807, 2.05) is 16.7 Å². The fourth-order valence-corrected chi connectivity index (χ4v) is 5.08. The van der Waals surface area contributed by atoms with Gasteiger partial charge in [0.2, 0.25) is 5.91 Å². The van der Waals surface area contributed by atoms with Gasteiger partial charge in [-0.2, -0.15) is 0 Å². The van der Waals surface area contributed by atoms with Crippen LogP contribution in [0, 0.1) is 12.8 Å². The second-order valence-corrected chi connectivity index (χ2v) is 9.20. The first-order valence-corrected chi connectivity index (χ1v) is 11.7. The average molecular weight is 414 g/mol. The number of hydrogen-bond acceptors (Lipinski definition) is 5. The molecule has 3 saturated heterocycles. The van der Waals surface area contributed by atoms with Crippen molar-refractivity contribution in [2.24, 2.45) is 5.92 Å². The molecule has 1 aromatic rings. The summed E-state index contributed by atoms with van der Waals surface area (Å²) in [5, 5.41) is 0. The van der Waals surface area contributed by atoms with E-state index in [1.165, 1.54) is 6.42 Å². The molecule has 164 valence electrons. The molecule has 3 aliphatic heterocycles. The Morgan fingerprint density at radius 2 is 1.63 bits per heavy atom. The van der Waals surface area contributed by atoms with Gasteiger partial charge in [-0.15, -0.1) is 0 Å². The summed E-state index contributed by atoms with van der Waals surface area (Å²) in [6, 6.07) is -0.0660. The summed E-state index contributed by atoms with van der Waals surface area (Å²) in [7, 11) is 2.12. The molecule has 3 aliphatic rings. The minimum Gasteiger partial charge on any atom is -0.339 e. The highest BCUT2D eigenvalue weighted by atomic mass is 16.2. The number of piperidine rings is 3. The molecule has 0 aromatic carbocycles. The number of hydrogen-bond donors (Lipinski definition) is 0. The third-order valence-electron chi connectivity index (χ3n) is 7.02. The van der Waals surface area contributed by atoms with E-state index in [-0.39, 0.29) is 23.8 Å². The van der Waals surface area contributed by atoms with Crippen molar-refractivity contribution in [1.82, 2.24) is 24.7 Å². The van der Waals surface area contributed by atoms with E-state index < -0.39 is 0 Å². The fourth-order valence-electron chi connectivity index (χ4n) is 5.08. The van der Waals surface area contributed by atoms with Crippen molar-refractivity contribution in [3.05, 3.63) is 23.3 Å². The number of aromatic nitrogens is 2. The molecule has 1 atom stereocenters. The quantitative estimate of drug-likeness (QED) is 0.762. The number of nitrogens with zero attached hydrogens (tertiary/aromatic N) is 5. The summed E-state index contributed by atoms with van der Waals surface area (Å²) in [5.74, 6) is 1.12. The molecule has 0 aliphatic carbocycles. The summed E-state index contributed by atoms with van der Waals surface area (Å²) >= 11 is 0. The van der Waals surface area contributed by atoms with Crippen molar-refractivity contribution in [1.29, 1.82) is 0 Å². The van der Waals surface area contributed by atoms with Gasteiger partial charge in [0, 0.05) is 31.7 Å². The third-order valence-corrected chi connectivity index (χ3v) is 7.02. The predicted molar refractivity (Wildman–Crippen MR) is 115 cm³/mol. The maximum absolute atomic E-state index is 13.3. The van der Waals surface area contributed by atoms with Crippen LogP contribution in [0.1, 0.15) is 79.3 Å². The van der Waals surface area contributed by atoms with E-state index in [4.69, 9.17) is 4.98 Å². The number of aryl methyl sites for hydroxylation is 1. The Bertz CT molecular complexity index is 769. The first-order valence-electron chi connectivity index (χ1n) is 11.7. The van der Waals surface area contributed by atoms with Crippen LogP contribution in [0.25, 0.3) is 0 Å². The van der Waals surface area contributed by atoms with Crippen LogP contribution in [0.2, 0.25) is 0 Å². The summed E-state index contributed by atoms with van der Waals surface area (Å²) in [6.45, 7) is 6.29. The summed E-state index contributed by atoms with van der Waals surface area (Å²) in [5.41, 5.74) is 1.33. The van der Waals surface area contributed by atoms with Crippen LogP contribution in [0.3, 0.4) is 0 Å². The Morgan fingerprint density at radius 3 is 2.33 bits per heavy atom. The SMILES string of the molecule is Cc1nc(C2CCCCN2C(=O)C2CCN(C)CC2)ncc1C(=O)N1CCCCC1. The van der Waals surface area contributed by atoms with Gasteiger partial charge in [0.25, 0.3) is 5.91 Å². The van der Waals surface area contributed by atoms with E-state index in [0.29, 0.717) is 11.4 Å². The van der Waals surface area contributed by atoms with Gasteiger partial charge >= 0.3 is 0 Å². The second-order valence-electron chi connectivity index (χ2n) is 9.20. The number of amides is 2. The molecule has 4 rings (SSSR count). The van der Waals surface area contributed by atoms with Crippen LogP contribution in [0.5, 0.6) is 0 Å². The van der Waals surface area contributed by atoms with Crippen molar-refractivity contribution < 1.29 is 9.59 Å². The Labute approximate surface area is 179 Å². The summed E-state index contributed by atoms with van der Waals surface area (Å²) in [6.07, 6.45) is 9.92. The number of carbonyl (C=O) groups is 2. The van der Waals surface area contributed by atoms with Crippen molar-refractivity contribution >= 4 is 11.8 Å². The Hall–Kier alpha value is -2.02. The lowest BCUT2D eigenvalue weighted by molar-refractivity contribution is -0.141. The van der Waals surface area contributed by atoms with Crippen LogP contribution in [-0.2, 0) is 4.79 Å². The lowest BCUT2D eigenvalue weighted by Crippen LogP contribution is -2.45. The zero-order valence-corrected chi connectivity index (χ0v) is 18.5. The zero-order valence-electron chi connectivity index (χ0n) is 18.5. The molecule has 1 aromatic heterocycles. The Morgan fingerprint density at radius 1 is 0.933 bits per heavy atom. The van der Waals surface area contributed by atoms with E-state index in [9.17, 15) is 9.59 Å². The first-order chi connectivity index (χ1) is 14.5. The van der Waals surface area contributed by atoms with Crippen LogP contribution in [0.15, 0.2) is 6.20 Å². The van der Waals surface area contributed by atoms with Crippen LogP contribution in [-0.4, -0.2) is 76.3 Å². The summed E-state index contributed by atoms with van der Waals surface area (Å²) < 4.78 is 0. The van der Waals surface area contributed by atoms with Gasteiger partial charge in [-0.25, -0.2) is 9.97 Å². The molecule has 1 unspecified atom stereocenters. The van der Waals surface area contributed by atoms with Crippen molar-refractivity contribution in [3.63, 3.8) is 0 Å². The molecule has 3 fully saturated rings. The monoisotopic (exact) mass is 413 g/mol. The average Bonchev–Trinajstić information content (AvgIpc) is 2.79. The largest absolute Gasteiger partial charge is 0.339 e. The minimum atomic E-state index is -0.0660. The molecular weight excluding hydrogens is 378 g/mol. The van der Waals surface area contributed by atoms with E-state index in [0.717, 1.165) is 83.4 Å². The number of rotatable bonds is 3. The number of likely N-dealkylation sites (tertiary alicyclic amines) is 3. The highest BCUT2D eigenvalue weighted by Gasteiger charge is 2.35. The second kappa shape index (κ2) is 9.41. The molecule has 0 radical (unpaired) electrons. The maximum Gasteiger partial charge on any atom is 0.257 e. The molecule has 0 N–H and O–H groups in total. The highest BCUT2D eigenvalue weighted by Crippen LogP contribution is 2.32. The zero-order chi connectivity index (χ0) is 21.1. The standard InChI is InChI=1S/C23H35N5O2/c1-17-19(23(30)27-11-5-3-6-12-27)16-24-21(25-17)20-8-4-7-13-28(20)22(29)18-9-14-26(2)15-10-18/h16,18,20H,3-15H2,1-2H3. The van der Waals surface area contributed by atoms with Gasteiger partial charge in [0.05, 0.1) is 17.3 Å². The smallest absolute Gasteiger partial charge is 0.257 e. The van der Waals surface area contributed by atoms with E-state index in [2.05, 4.69) is 16.9 Å². The first kappa shape index (κ1) is 21.2. The molecule has 7 nitrogen and oxygen atoms in total. The Balaban J connectivity index is 1.50. The van der Waals surface area contributed by atoms with Crippen molar-refractivity contribution in [2.75, 3.05) is 39.8 Å². The molecule has 4 heterocycles. The van der Waals surface area contributed by atoms with Crippen LogP contribution >= 0.6 is 0 Å². The lowest BCUT2D eigenvalue weighted by atomic mass is 9.92. The maximum atomic E-state index is 13.3. The highest BCUT2D eigenvalue weighted by molar-refractivity contribution is 5.95. The Kier molecular flexibility index (Phi) is 6.66. The van der Waals surface area contributed by atoms with Gasteiger partial charge in [-0.05, 0) is 78.4 Å². The molecule has 7 heteroatoms. The van der Waals surface area contributed by atoms with E-state index in [1.54, 1.807) is 6.20 Å². The predicted octanol–water partition coefficient (Wildman–Crippen LogP) is 2.81. The van der Waals surface area contributed by atoms with Gasteiger partial charge in [0.15, 0.2) is 5.82 Å². The van der Waals surface area contributed by atoms with Gasteiger partial charge < -0.3 is 14.7 Å². The molecule has 30 heavy (non-hydrogen) atoms. The van der Waals surface area contributed by atoms with Gasteiger partial charge in [-0.3, -0.25) is 9.59 Å². The molecule has 0 spiro atoms. The molecule has 0 saturated carbocycles. The third kappa shape index (κ3) is 4.51. The normalized spacial score (nSPS) is 24.1. The fraction of sp³-hybridized carbons (Fsp3) is 0.739. The molecular formula is C23H35N5O2. The van der Waals surface area contributed by atoms with Gasteiger partial charge in [0.1, 0.15) is 0 Å². The topological polar surface area (TPSA) is 69.6 Å². The minimum absolute atomic E-state index is 0.0432. The molecule has 2 amide bonds. The number of carbonyl (C=O) groups excluding carboxylic acids is 2. The molecule has 0 bridgehead atoms. The van der Waals surface area contributed by atoms with E-state index >= 15 is 0 Å². The van der Waals surface area contributed by atoms with Gasteiger partial charge in [-0.1, -0.05) is 0 Å². The summed E-state index contributed by atoms with van der Waals surface area (Å²) in [4.78, 5) is 41.8. The van der Waals surface area contributed by atoms with Crippen molar-refractivity contribution in [3.8, 4) is 0 Å². The van der Waals surface area contributed by atoms with Crippen LogP contribution in [0.4, 0.5) is 0 Å². The lowest BCUT2D eigenvalue weighted by Gasteiger charge is -2.39. The van der Waals surface area contributed by atoms with Crippen LogP contribution < -0.4 is 0 Å². The van der Waals surface area contributed by atoms with Crippen molar-refractivity contribution in [2.45, 2.75) is 64.3 Å².